The fourth-order valence-electron chi connectivity index (χ4n) is 3.91. The highest BCUT2D eigenvalue weighted by Crippen LogP contribution is 2.32. The maximum absolute atomic E-state index is 12.8. The van der Waals surface area contributed by atoms with Crippen LogP contribution in [0.4, 0.5) is 5.82 Å². The van der Waals surface area contributed by atoms with Crippen molar-refractivity contribution in [2.45, 2.75) is 33.1 Å². The molecule has 0 bridgehead atoms. The van der Waals surface area contributed by atoms with Crippen LogP contribution in [0.1, 0.15) is 52.7 Å². The lowest BCUT2D eigenvalue weighted by Gasteiger charge is -2.18. The molecule has 1 N–H and O–H groups in total. The number of nitrogens with one attached hydrogen (secondary N) is 1. The molecule has 0 aliphatic carbocycles. The number of aromatic nitrogens is 3. The quantitative estimate of drug-likeness (QED) is 0.445. The van der Waals surface area contributed by atoms with E-state index in [2.05, 4.69) is 43.3 Å². The van der Waals surface area contributed by atoms with Crippen LogP contribution in [-0.4, -0.2) is 43.9 Å². The molecule has 0 saturated carbocycles. The zero-order chi connectivity index (χ0) is 24.2. The van der Waals surface area contributed by atoms with Gasteiger partial charge in [0.2, 0.25) is 11.0 Å². The Kier molecular flexibility index (Phi) is 5.09. The zero-order valence-corrected chi connectivity index (χ0v) is 20.1. The van der Waals surface area contributed by atoms with Crippen LogP contribution in [0.2, 0.25) is 0 Å². The number of aryl methyl sites for hydroxylation is 1. The molecule has 3 amide bonds. The van der Waals surface area contributed by atoms with E-state index in [0.29, 0.717) is 27.8 Å². The van der Waals surface area contributed by atoms with E-state index in [4.69, 9.17) is 4.98 Å². The van der Waals surface area contributed by atoms with Crippen molar-refractivity contribution in [2.75, 3.05) is 11.9 Å². The molecule has 1 aliphatic rings. The van der Waals surface area contributed by atoms with E-state index < -0.39 is 17.7 Å². The number of benzene rings is 2. The summed E-state index contributed by atoms with van der Waals surface area (Å²) in [6.45, 7) is 7.92. The predicted octanol–water partition coefficient (Wildman–Crippen LogP) is 4.32. The van der Waals surface area contributed by atoms with Gasteiger partial charge in [0.1, 0.15) is 12.4 Å². The Labute approximate surface area is 200 Å². The predicted molar refractivity (Wildman–Crippen MR) is 131 cm³/mol. The summed E-state index contributed by atoms with van der Waals surface area (Å²) in [5.74, 6) is -1.01. The van der Waals surface area contributed by atoms with Crippen LogP contribution in [0.3, 0.4) is 0 Å². The maximum Gasteiger partial charge on any atom is 0.262 e. The van der Waals surface area contributed by atoms with Gasteiger partial charge in [0.15, 0.2) is 0 Å². The molecule has 34 heavy (non-hydrogen) atoms. The molecule has 2 aromatic heterocycles. The number of anilines is 1. The molecule has 5 rings (SSSR count). The van der Waals surface area contributed by atoms with E-state index in [1.165, 1.54) is 16.9 Å². The molecule has 0 radical (unpaired) electrons. The average Bonchev–Trinajstić information content (AvgIpc) is 3.43. The summed E-state index contributed by atoms with van der Waals surface area (Å²) < 4.78 is 2.61. The number of amides is 3. The van der Waals surface area contributed by atoms with Crippen molar-refractivity contribution >= 4 is 45.1 Å². The topological polar surface area (TPSA) is 97.2 Å². The van der Waals surface area contributed by atoms with E-state index >= 15 is 0 Å². The second-order valence-corrected chi connectivity index (χ2v) is 10.3. The van der Waals surface area contributed by atoms with Gasteiger partial charge in [-0.1, -0.05) is 50.3 Å². The third kappa shape index (κ3) is 3.77. The summed E-state index contributed by atoms with van der Waals surface area (Å²) in [6, 6.07) is 14.5. The van der Waals surface area contributed by atoms with Crippen LogP contribution >= 0.6 is 11.3 Å². The highest BCUT2D eigenvalue weighted by Gasteiger charge is 2.36. The first-order valence-corrected chi connectivity index (χ1v) is 11.7. The summed E-state index contributed by atoms with van der Waals surface area (Å²) >= 11 is 1.48. The van der Waals surface area contributed by atoms with Crippen LogP contribution in [0.5, 0.6) is 0 Å². The normalized spacial score (nSPS) is 13.6. The number of rotatable bonds is 4. The minimum atomic E-state index is -0.494. The van der Waals surface area contributed by atoms with E-state index in [0.717, 1.165) is 15.1 Å². The zero-order valence-electron chi connectivity index (χ0n) is 19.2. The van der Waals surface area contributed by atoms with E-state index in [-0.39, 0.29) is 12.0 Å². The van der Waals surface area contributed by atoms with Gasteiger partial charge in [-0.25, -0.2) is 4.98 Å². The van der Waals surface area contributed by atoms with Gasteiger partial charge < -0.3 is 5.32 Å². The number of imide groups is 1. The van der Waals surface area contributed by atoms with Crippen molar-refractivity contribution < 1.29 is 14.4 Å². The minimum Gasteiger partial charge on any atom is -0.309 e. The lowest BCUT2D eigenvalue weighted by molar-refractivity contribution is -0.116. The number of carbonyl (C=O) groups excluding carboxylic acids is 3. The molecule has 0 saturated heterocycles. The van der Waals surface area contributed by atoms with Gasteiger partial charge in [-0.15, -0.1) is 0 Å². The third-order valence-electron chi connectivity index (χ3n) is 5.70. The minimum absolute atomic E-state index is 0.0177. The summed E-state index contributed by atoms with van der Waals surface area (Å²) in [6.07, 6.45) is 0. The number of nitrogens with zero attached hydrogens (tertiary/aromatic N) is 4. The second-order valence-electron chi connectivity index (χ2n) is 9.30. The molecule has 2 aromatic carbocycles. The molecule has 0 spiro atoms. The van der Waals surface area contributed by atoms with Gasteiger partial charge in [0, 0.05) is 6.07 Å². The first kappa shape index (κ1) is 22.0. The highest BCUT2D eigenvalue weighted by molar-refractivity contribution is 7.20. The first-order chi connectivity index (χ1) is 16.1. The molecular weight excluding hydrogens is 450 g/mol. The van der Waals surface area contributed by atoms with E-state index in [9.17, 15) is 14.4 Å². The van der Waals surface area contributed by atoms with Gasteiger partial charge in [0.25, 0.3) is 11.8 Å². The molecule has 4 aromatic rings. The Hall–Kier alpha value is -3.85. The standard InChI is InChI=1S/C25H23N5O3S/c1-14-11-20(27-21(31)13-29-22(32)16-7-5-6-8-17(16)23(29)33)30(28-14)24-26-18-10-9-15(25(2,3)4)12-19(18)34-24/h5-12H,13H2,1-4H3,(H,27,31). The summed E-state index contributed by atoms with van der Waals surface area (Å²) in [5.41, 5.74) is 3.40. The smallest absolute Gasteiger partial charge is 0.262 e. The summed E-state index contributed by atoms with van der Waals surface area (Å²) in [7, 11) is 0. The number of fused-ring (bicyclic) bond motifs is 2. The van der Waals surface area contributed by atoms with Crippen LogP contribution in [0.15, 0.2) is 48.5 Å². The Morgan fingerprint density at radius 2 is 1.71 bits per heavy atom. The van der Waals surface area contributed by atoms with Gasteiger partial charge in [-0.05, 0) is 42.2 Å². The molecular formula is C25H23N5O3S. The van der Waals surface area contributed by atoms with Crippen molar-refractivity contribution in [3.8, 4) is 5.13 Å². The number of carbonyl (C=O) groups is 3. The van der Waals surface area contributed by atoms with Crippen molar-refractivity contribution in [1.82, 2.24) is 19.7 Å². The lowest BCUT2D eigenvalue weighted by atomic mass is 9.87. The van der Waals surface area contributed by atoms with Gasteiger partial charge in [-0.2, -0.15) is 9.78 Å². The average molecular weight is 474 g/mol. The molecule has 3 heterocycles. The Bertz CT molecular complexity index is 1440. The monoisotopic (exact) mass is 473 g/mol. The van der Waals surface area contributed by atoms with Crippen LogP contribution in [0, 0.1) is 6.92 Å². The molecule has 8 nitrogen and oxygen atoms in total. The number of hydrogen-bond donors (Lipinski definition) is 1. The molecule has 0 fully saturated rings. The summed E-state index contributed by atoms with van der Waals surface area (Å²) in [5, 5.41) is 7.90. The second kappa shape index (κ2) is 7.88. The van der Waals surface area contributed by atoms with Crippen LogP contribution in [-0.2, 0) is 10.2 Å². The van der Waals surface area contributed by atoms with Crippen LogP contribution < -0.4 is 5.32 Å². The number of thiazole rings is 1. The van der Waals surface area contributed by atoms with E-state index in [1.807, 2.05) is 13.0 Å². The molecule has 0 atom stereocenters. The van der Waals surface area contributed by atoms with Gasteiger partial charge >= 0.3 is 0 Å². The van der Waals surface area contributed by atoms with Gasteiger partial charge in [0.05, 0.1) is 27.0 Å². The molecule has 0 unspecified atom stereocenters. The van der Waals surface area contributed by atoms with E-state index in [1.54, 1.807) is 35.0 Å². The third-order valence-corrected chi connectivity index (χ3v) is 6.70. The largest absolute Gasteiger partial charge is 0.309 e. The van der Waals surface area contributed by atoms with Crippen molar-refractivity contribution in [2.24, 2.45) is 0 Å². The maximum atomic E-state index is 12.8. The van der Waals surface area contributed by atoms with Gasteiger partial charge in [-0.3, -0.25) is 19.3 Å². The Morgan fingerprint density at radius 3 is 2.35 bits per heavy atom. The number of hydrogen-bond acceptors (Lipinski definition) is 6. The summed E-state index contributed by atoms with van der Waals surface area (Å²) in [4.78, 5) is 43.6. The SMILES string of the molecule is Cc1cc(NC(=O)CN2C(=O)c3ccccc3C2=O)n(-c2nc3ccc(C(C)(C)C)cc3s2)n1. The highest BCUT2D eigenvalue weighted by atomic mass is 32.1. The fourth-order valence-corrected chi connectivity index (χ4v) is 4.88. The van der Waals surface area contributed by atoms with Crippen molar-refractivity contribution in [3.63, 3.8) is 0 Å². The Balaban J connectivity index is 1.39. The molecule has 172 valence electrons. The Morgan fingerprint density at radius 1 is 1.03 bits per heavy atom. The van der Waals surface area contributed by atoms with Crippen molar-refractivity contribution in [3.05, 3.63) is 70.9 Å². The van der Waals surface area contributed by atoms with Crippen molar-refractivity contribution in [1.29, 1.82) is 0 Å². The lowest BCUT2D eigenvalue weighted by Crippen LogP contribution is -2.37. The fraction of sp³-hybridized carbons (Fsp3) is 0.240. The first-order valence-electron chi connectivity index (χ1n) is 10.8. The molecule has 9 heteroatoms. The van der Waals surface area contributed by atoms with Crippen LogP contribution in [0.25, 0.3) is 15.3 Å². The molecule has 1 aliphatic heterocycles.